The molecule has 1 aliphatic carbocycles. The zero-order valence-electron chi connectivity index (χ0n) is 26.9. The lowest BCUT2D eigenvalue weighted by Gasteiger charge is -2.41. The maximum absolute atomic E-state index is 16.1. The van der Waals surface area contributed by atoms with Gasteiger partial charge in [-0.05, 0) is 76.2 Å². The number of alkyl halides is 1. The fraction of sp³-hybridized carbons (Fsp3) is 0.515. The van der Waals surface area contributed by atoms with Gasteiger partial charge in [-0.25, -0.2) is 18.2 Å². The number of benzene rings is 2. The normalized spacial score (nSPS) is 24.3. The molecule has 0 radical (unpaired) electrons. The van der Waals surface area contributed by atoms with E-state index in [-0.39, 0.29) is 55.1 Å². The van der Waals surface area contributed by atoms with Gasteiger partial charge in [0.1, 0.15) is 23.3 Å². The van der Waals surface area contributed by atoms with Crippen LogP contribution in [0.4, 0.5) is 24.1 Å². The number of amides is 1. The highest BCUT2D eigenvalue weighted by molar-refractivity contribution is 7.22. The summed E-state index contributed by atoms with van der Waals surface area (Å²) in [6, 6.07) is 4.41. The van der Waals surface area contributed by atoms with Crippen molar-refractivity contribution in [2.45, 2.75) is 75.7 Å². The second-order valence-electron chi connectivity index (χ2n) is 12.7. The first-order valence-corrected chi connectivity index (χ1v) is 17.5. The number of nitrogen functional groups attached to an aromatic ring is 1. The van der Waals surface area contributed by atoms with Crippen LogP contribution in [0.25, 0.3) is 32.2 Å². The molecule has 2 bridgehead atoms. The highest BCUT2D eigenvalue weighted by Crippen LogP contribution is 2.44. The Kier molecular flexibility index (Phi) is 10.2. The highest BCUT2D eigenvalue weighted by Gasteiger charge is 2.46. The molecule has 2 atom stereocenters. The number of nitrogens with one attached hydrogen (secondary N) is 1. The number of methoxy groups -OCH3 is 1. The van der Waals surface area contributed by atoms with Crippen molar-refractivity contribution in [1.82, 2.24) is 25.2 Å². The van der Waals surface area contributed by atoms with Crippen LogP contribution in [-0.4, -0.2) is 83.3 Å². The molecule has 3 saturated heterocycles. The zero-order valence-corrected chi connectivity index (χ0v) is 28.5. The quantitative estimate of drug-likeness (QED) is 0.219. The number of thiazole rings is 1. The van der Waals surface area contributed by atoms with E-state index in [1.165, 1.54) is 32.1 Å². The molecule has 3 aliphatic heterocycles. The molecule has 8 rings (SSSR count). The number of aromatic nitrogens is 3. The minimum atomic E-state index is -0.691. The van der Waals surface area contributed by atoms with E-state index < -0.39 is 17.8 Å². The number of ether oxygens (including phenoxy) is 1. The van der Waals surface area contributed by atoms with Gasteiger partial charge in [-0.3, -0.25) is 4.79 Å². The minimum absolute atomic E-state index is 0.00647. The van der Waals surface area contributed by atoms with Gasteiger partial charge in [0, 0.05) is 47.2 Å². The number of anilines is 2. The molecule has 2 aromatic heterocycles. The predicted octanol–water partition coefficient (Wildman–Crippen LogP) is 5.83. The van der Waals surface area contributed by atoms with Crippen molar-refractivity contribution in [3.8, 4) is 17.1 Å². The summed E-state index contributed by atoms with van der Waals surface area (Å²) in [6.45, 7) is 5.09. The molecule has 5 N–H and O–H groups in total. The van der Waals surface area contributed by atoms with Crippen LogP contribution in [0.5, 0.6) is 6.01 Å². The summed E-state index contributed by atoms with van der Waals surface area (Å²) in [7, 11) is 1.41. The van der Waals surface area contributed by atoms with Crippen LogP contribution in [0.15, 0.2) is 18.2 Å². The maximum Gasteiger partial charge on any atom is 0.318 e. The summed E-state index contributed by atoms with van der Waals surface area (Å²) < 4.78 is 48.4. The average molecular weight is 705 g/mol. The third kappa shape index (κ3) is 6.47. The first-order chi connectivity index (χ1) is 23.1. The fourth-order valence-corrected chi connectivity index (χ4v) is 8.28. The van der Waals surface area contributed by atoms with Crippen LogP contribution in [0.2, 0.25) is 5.02 Å². The number of fused-ring (bicyclic) bond motifs is 4. The van der Waals surface area contributed by atoms with E-state index in [1.54, 1.807) is 6.07 Å². The van der Waals surface area contributed by atoms with Gasteiger partial charge >= 0.3 is 6.01 Å². The van der Waals surface area contributed by atoms with Gasteiger partial charge in [-0.15, -0.1) is 0 Å². The second kappa shape index (κ2) is 14.2. The standard InChI is InChI=1S/C23H19ClF2N6O2S.C7H12FN.C3H9N/c1-34-23-29-18-13(21(30-23)31-7-10-2-3-11(8-31)32(10)9-33)6-14(24)16(17(18)26)12-4-5-15(25)20-19(12)28-22(27)35-20;8-6-4-7(5-6)2-1-3-9-7;1-2-3-4/h4-6,9-11H,2-3,7-8H2,1H3,(H2,27,28);6,9H,1-5H2;2-4H2,1H3. The van der Waals surface area contributed by atoms with Crippen molar-refractivity contribution in [2.24, 2.45) is 5.73 Å². The van der Waals surface area contributed by atoms with Crippen molar-refractivity contribution in [2.75, 3.05) is 43.9 Å². The topological polar surface area (TPSA) is 136 Å². The van der Waals surface area contributed by atoms with Gasteiger partial charge in [0.2, 0.25) is 6.41 Å². The molecule has 4 fully saturated rings. The van der Waals surface area contributed by atoms with Crippen molar-refractivity contribution in [3.63, 3.8) is 0 Å². The number of nitrogens with zero attached hydrogens (tertiary/aromatic N) is 5. The molecule has 4 aromatic rings. The molecule has 2 unspecified atom stereocenters. The summed E-state index contributed by atoms with van der Waals surface area (Å²) in [6.07, 6.45) is 7.28. The van der Waals surface area contributed by atoms with Crippen LogP contribution < -0.4 is 26.4 Å². The number of carbonyl (C=O) groups excluding carboxylic acids is 1. The molecule has 48 heavy (non-hydrogen) atoms. The molecule has 1 saturated carbocycles. The molecule has 15 heteroatoms. The minimum Gasteiger partial charge on any atom is -0.467 e. The number of hydrogen-bond donors (Lipinski definition) is 3. The average Bonchev–Trinajstić information content (AvgIpc) is 3.77. The third-order valence-corrected chi connectivity index (χ3v) is 10.8. The Labute approximate surface area is 286 Å². The Morgan fingerprint density at radius 3 is 2.46 bits per heavy atom. The summed E-state index contributed by atoms with van der Waals surface area (Å²) >= 11 is 7.62. The predicted molar refractivity (Wildman–Crippen MR) is 184 cm³/mol. The summed E-state index contributed by atoms with van der Waals surface area (Å²) in [5, 5.41) is 4.06. The number of nitrogens with two attached hydrogens (primary N) is 2. The molecule has 5 heterocycles. The van der Waals surface area contributed by atoms with Crippen molar-refractivity contribution in [1.29, 1.82) is 0 Å². The van der Waals surface area contributed by atoms with Crippen LogP contribution in [0, 0.1) is 11.6 Å². The number of rotatable bonds is 5. The van der Waals surface area contributed by atoms with E-state index in [4.69, 9.17) is 27.8 Å². The zero-order chi connectivity index (χ0) is 34.2. The molecule has 10 nitrogen and oxygen atoms in total. The van der Waals surface area contributed by atoms with Gasteiger partial charge in [0.05, 0.1) is 22.3 Å². The molecule has 1 amide bonds. The Balaban J connectivity index is 0.000000258. The van der Waals surface area contributed by atoms with Crippen molar-refractivity contribution >= 4 is 61.4 Å². The molecule has 258 valence electrons. The van der Waals surface area contributed by atoms with E-state index in [2.05, 4.69) is 27.2 Å². The molecule has 1 spiro atoms. The first kappa shape index (κ1) is 34.4. The van der Waals surface area contributed by atoms with Crippen LogP contribution in [-0.2, 0) is 4.79 Å². The van der Waals surface area contributed by atoms with Gasteiger partial charge in [-0.2, -0.15) is 9.97 Å². The Morgan fingerprint density at radius 2 is 1.88 bits per heavy atom. The van der Waals surface area contributed by atoms with Crippen LogP contribution >= 0.6 is 22.9 Å². The van der Waals surface area contributed by atoms with E-state index in [1.807, 2.05) is 9.80 Å². The van der Waals surface area contributed by atoms with Gasteiger partial charge in [0.25, 0.3) is 0 Å². The van der Waals surface area contributed by atoms with Gasteiger partial charge in [-0.1, -0.05) is 29.9 Å². The summed E-state index contributed by atoms with van der Waals surface area (Å²) in [5.74, 6) is -0.696. The fourth-order valence-electron chi connectivity index (χ4n) is 7.22. The lowest BCUT2D eigenvalue weighted by molar-refractivity contribution is -0.121. The van der Waals surface area contributed by atoms with E-state index >= 15 is 4.39 Å². The SMILES string of the molecule is CCCN.COc1nc(N2CC3CCC(C2)N3C=O)c2cc(Cl)c(-c3ccc(F)c4sc(N)nc34)c(F)c2n1.FC1CC2(CCCN2)C1. The second-order valence-corrected chi connectivity index (χ2v) is 14.2. The van der Waals surface area contributed by atoms with E-state index in [0.29, 0.717) is 29.9 Å². The van der Waals surface area contributed by atoms with Crippen molar-refractivity contribution < 1.29 is 22.7 Å². The van der Waals surface area contributed by atoms with Gasteiger partial charge < -0.3 is 31.3 Å². The van der Waals surface area contributed by atoms with Crippen LogP contribution in [0.3, 0.4) is 0 Å². The third-order valence-electron chi connectivity index (χ3n) is 9.61. The Bertz CT molecular complexity index is 1780. The number of halogens is 4. The van der Waals surface area contributed by atoms with Gasteiger partial charge in [0.15, 0.2) is 10.9 Å². The first-order valence-electron chi connectivity index (χ1n) is 16.3. The highest BCUT2D eigenvalue weighted by atomic mass is 35.5. The lowest BCUT2D eigenvalue weighted by atomic mass is 9.74. The molecule has 2 aromatic carbocycles. The Morgan fingerprint density at radius 1 is 1.17 bits per heavy atom. The largest absolute Gasteiger partial charge is 0.467 e. The summed E-state index contributed by atoms with van der Waals surface area (Å²) in [5.41, 5.74) is 11.7. The summed E-state index contributed by atoms with van der Waals surface area (Å²) in [4.78, 5) is 28.4. The molecular weight excluding hydrogens is 665 g/mol. The Hall–Kier alpha value is -3.46. The molecule has 4 aliphatic rings. The molecular formula is C33H40ClF3N8O2S. The monoisotopic (exact) mass is 704 g/mol. The van der Waals surface area contributed by atoms with E-state index in [0.717, 1.165) is 62.9 Å². The number of hydrogen-bond acceptors (Lipinski definition) is 10. The van der Waals surface area contributed by atoms with E-state index in [9.17, 15) is 13.6 Å². The number of piperazine rings is 1. The smallest absolute Gasteiger partial charge is 0.318 e. The maximum atomic E-state index is 16.1. The van der Waals surface area contributed by atoms with Crippen LogP contribution in [0.1, 0.15) is 51.9 Å². The number of carbonyl (C=O) groups is 1. The van der Waals surface area contributed by atoms with Crippen molar-refractivity contribution in [3.05, 3.63) is 34.9 Å². The lowest BCUT2D eigenvalue weighted by Crippen LogP contribution is -2.53.